The van der Waals surface area contributed by atoms with Gasteiger partial charge in [0.15, 0.2) is 0 Å². The van der Waals surface area contributed by atoms with Crippen molar-refractivity contribution in [3.63, 3.8) is 0 Å². The molecule has 0 aliphatic rings. The van der Waals surface area contributed by atoms with Gasteiger partial charge in [0.2, 0.25) is 0 Å². The highest BCUT2D eigenvalue weighted by molar-refractivity contribution is 5.35. The molecule has 24 heavy (non-hydrogen) atoms. The van der Waals surface area contributed by atoms with E-state index in [-0.39, 0.29) is 0 Å². The van der Waals surface area contributed by atoms with Crippen LogP contribution in [0.3, 0.4) is 0 Å². The molecule has 0 unspecified atom stereocenters. The largest absolute Gasteiger partial charge is 0.236 e. The van der Waals surface area contributed by atoms with E-state index in [1.165, 1.54) is 0 Å². The fourth-order valence-corrected chi connectivity index (χ4v) is 2.26. The average molecular weight is 338 g/mol. The zero-order chi connectivity index (χ0) is 18.4. The number of hydrogen-bond acceptors (Lipinski definition) is 4. The Bertz CT molecular complexity index is 447. The first-order valence-corrected chi connectivity index (χ1v) is 8.77. The van der Waals surface area contributed by atoms with Gasteiger partial charge in [-0.25, -0.2) is 19.6 Å². The van der Waals surface area contributed by atoms with Crippen LogP contribution in [0.4, 0.5) is 0 Å². The van der Waals surface area contributed by atoms with Gasteiger partial charge >= 0.3 is 0 Å². The van der Waals surface area contributed by atoms with E-state index in [0.717, 1.165) is 11.1 Å². The van der Waals surface area contributed by atoms with Crippen LogP contribution in [0.15, 0.2) is 24.3 Å². The topological polar surface area (TPSA) is 36.9 Å². The second-order valence-electron chi connectivity index (χ2n) is 8.09. The van der Waals surface area contributed by atoms with Crippen LogP contribution in [0.1, 0.15) is 66.5 Å². The average Bonchev–Trinajstić information content (AvgIpc) is 2.46. The van der Waals surface area contributed by atoms with Crippen LogP contribution in [-0.2, 0) is 30.8 Å². The predicted octanol–water partition coefficient (Wildman–Crippen LogP) is 5.37. The molecule has 0 heterocycles. The van der Waals surface area contributed by atoms with Crippen molar-refractivity contribution in [1.82, 2.24) is 0 Å². The SMILES string of the molecule is CC(C)COOC(C)(C)c1ccccc1C(C)(C)OOCC(C)C. The minimum absolute atomic E-state index is 0.417. The van der Waals surface area contributed by atoms with Crippen molar-refractivity contribution < 1.29 is 19.6 Å². The first kappa shape index (κ1) is 21.1. The first-order valence-electron chi connectivity index (χ1n) is 8.77. The van der Waals surface area contributed by atoms with Gasteiger partial charge in [-0.2, -0.15) is 0 Å². The first-order chi connectivity index (χ1) is 11.1. The molecule has 1 aromatic rings. The third-order valence-electron chi connectivity index (χ3n) is 3.56. The fraction of sp³-hybridized carbons (Fsp3) is 0.700. The van der Waals surface area contributed by atoms with Gasteiger partial charge in [0.1, 0.15) is 11.2 Å². The van der Waals surface area contributed by atoms with Crippen LogP contribution in [-0.4, -0.2) is 13.2 Å². The summed E-state index contributed by atoms with van der Waals surface area (Å²) in [5, 5.41) is 0. The minimum atomic E-state index is -0.593. The Balaban J connectivity index is 2.93. The molecule has 1 aromatic carbocycles. The van der Waals surface area contributed by atoms with Gasteiger partial charge in [0, 0.05) is 0 Å². The molecule has 0 N–H and O–H groups in total. The second kappa shape index (κ2) is 8.95. The van der Waals surface area contributed by atoms with E-state index >= 15 is 0 Å². The molecule has 0 radical (unpaired) electrons. The Kier molecular flexibility index (Phi) is 7.87. The Morgan fingerprint density at radius 2 is 1.04 bits per heavy atom. The lowest BCUT2D eigenvalue weighted by atomic mass is 9.85. The Morgan fingerprint density at radius 3 is 1.33 bits per heavy atom. The molecule has 4 nitrogen and oxygen atoms in total. The molecule has 0 atom stereocenters. The zero-order valence-electron chi connectivity index (χ0n) is 16.5. The summed E-state index contributed by atoms with van der Waals surface area (Å²) >= 11 is 0. The summed E-state index contributed by atoms with van der Waals surface area (Å²) in [5.41, 5.74) is 0.854. The van der Waals surface area contributed by atoms with E-state index in [2.05, 4.69) is 27.7 Å². The summed E-state index contributed by atoms with van der Waals surface area (Å²) in [6, 6.07) is 8.08. The fourth-order valence-electron chi connectivity index (χ4n) is 2.26. The van der Waals surface area contributed by atoms with Crippen molar-refractivity contribution in [3.8, 4) is 0 Å². The molecule has 0 aromatic heterocycles. The molecule has 4 heteroatoms. The summed E-state index contributed by atoms with van der Waals surface area (Å²) in [5.74, 6) is 0.834. The van der Waals surface area contributed by atoms with Crippen LogP contribution < -0.4 is 0 Å². The van der Waals surface area contributed by atoms with Gasteiger partial charge in [-0.3, -0.25) is 0 Å². The Hall–Kier alpha value is -0.940. The molecule has 0 saturated heterocycles. The van der Waals surface area contributed by atoms with Crippen LogP contribution >= 0.6 is 0 Å². The monoisotopic (exact) mass is 338 g/mol. The molecule has 0 bridgehead atoms. The van der Waals surface area contributed by atoms with Gasteiger partial charge in [-0.15, -0.1) is 0 Å². The van der Waals surface area contributed by atoms with Crippen molar-refractivity contribution in [1.29, 1.82) is 0 Å². The number of rotatable bonds is 10. The molecule has 1 rings (SSSR count). The normalized spacial score (nSPS) is 13.1. The van der Waals surface area contributed by atoms with Gasteiger partial charge < -0.3 is 0 Å². The molecule has 0 fully saturated rings. The van der Waals surface area contributed by atoms with Crippen molar-refractivity contribution in [3.05, 3.63) is 35.4 Å². The molecule has 0 spiro atoms. The highest BCUT2D eigenvalue weighted by Crippen LogP contribution is 2.36. The van der Waals surface area contributed by atoms with Crippen molar-refractivity contribution in [2.24, 2.45) is 11.8 Å². The van der Waals surface area contributed by atoms with E-state index in [9.17, 15) is 0 Å². The van der Waals surface area contributed by atoms with Gasteiger partial charge in [0.05, 0.1) is 13.2 Å². The van der Waals surface area contributed by atoms with E-state index < -0.39 is 11.2 Å². The van der Waals surface area contributed by atoms with E-state index in [4.69, 9.17) is 19.6 Å². The third-order valence-corrected chi connectivity index (χ3v) is 3.56. The van der Waals surface area contributed by atoms with E-state index in [1.54, 1.807) is 0 Å². The molecular formula is C20H34O4. The van der Waals surface area contributed by atoms with Gasteiger partial charge in [0.25, 0.3) is 0 Å². The summed E-state index contributed by atoms with van der Waals surface area (Å²) in [7, 11) is 0. The van der Waals surface area contributed by atoms with Crippen LogP contribution in [0, 0.1) is 11.8 Å². The highest BCUT2D eigenvalue weighted by Gasteiger charge is 2.33. The molecular weight excluding hydrogens is 304 g/mol. The minimum Gasteiger partial charge on any atom is -0.236 e. The van der Waals surface area contributed by atoms with Gasteiger partial charge in [-0.05, 0) is 50.7 Å². The van der Waals surface area contributed by atoms with Crippen LogP contribution in [0.5, 0.6) is 0 Å². The standard InChI is InChI=1S/C20H34O4/c1-15(2)13-21-23-19(5,6)17-11-9-10-12-18(17)20(7,8)24-22-14-16(3)4/h9-12,15-16H,13-14H2,1-8H3. The smallest absolute Gasteiger partial charge is 0.123 e. The number of benzene rings is 1. The maximum absolute atomic E-state index is 5.71. The summed E-state index contributed by atoms with van der Waals surface area (Å²) in [4.78, 5) is 22.3. The molecule has 0 aliphatic heterocycles. The van der Waals surface area contributed by atoms with E-state index in [1.807, 2.05) is 52.0 Å². The lowest BCUT2D eigenvalue weighted by Crippen LogP contribution is -2.31. The molecule has 0 amide bonds. The lowest BCUT2D eigenvalue weighted by Gasteiger charge is -2.32. The maximum atomic E-state index is 5.71. The third kappa shape index (κ3) is 6.52. The van der Waals surface area contributed by atoms with E-state index in [0.29, 0.717) is 25.0 Å². The summed E-state index contributed by atoms with van der Waals surface area (Å²) < 4.78 is 0. The molecule has 138 valence electrons. The molecule has 0 aliphatic carbocycles. The Morgan fingerprint density at radius 1 is 0.708 bits per heavy atom. The van der Waals surface area contributed by atoms with Crippen LogP contribution in [0.2, 0.25) is 0 Å². The number of hydrogen-bond donors (Lipinski definition) is 0. The van der Waals surface area contributed by atoms with Crippen molar-refractivity contribution in [2.45, 2.75) is 66.6 Å². The predicted molar refractivity (Wildman–Crippen MR) is 96.2 cm³/mol. The second-order valence-corrected chi connectivity index (χ2v) is 8.09. The lowest BCUT2D eigenvalue weighted by molar-refractivity contribution is -0.369. The quantitative estimate of drug-likeness (QED) is 0.425. The Labute approximate surface area is 147 Å². The van der Waals surface area contributed by atoms with Crippen molar-refractivity contribution >= 4 is 0 Å². The van der Waals surface area contributed by atoms with Crippen LogP contribution in [0.25, 0.3) is 0 Å². The maximum Gasteiger partial charge on any atom is 0.123 e. The zero-order valence-corrected chi connectivity index (χ0v) is 16.5. The van der Waals surface area contributed by atoms with Gasteiger partial charge in [-0.1, -0.05) is 52.0 Å². The summed E-state index contributed by atoms with van der Waals surface area (Å²) in [6.07, 6.45) is 0. The highest BCUT2D eigenvalue weighted by atomic mass is 17.2. The summed E-state index contributed by atoms with van der Waals surface area (Å²) in [6.45, 7) is 17.5. The molecule has 0 saturated carbocycles. The van der Waals surface area contributed by atoms with Crippen molar-refractivity contribution in [2.75, 3.05) is 13.2 Å².